The summed E-state index contributed by atoms with van der Waals surface area (Å²) in [7, 11) is 1.68. The number of ether oxygens (including phenoxy) is 1. The molecule has 1 aliphatic heterocycles. The van der Waals surface area contributed by atoms with E-state index < -0.39 is 0 Å². The minimum absolute atomic E-state index is 0.666. The van der Waals surface area contributed by atoms with Crippen LogP contribution in [-0.4, -0.2) is 47.6 Å². The summed E-state index contributed by atoms with van der Waals surface area (Å²) in [4.78, 5) is 7.53. The van der Waals surface area contributed by atoms with Gasteiger partial charge in [0.15, 0.2) is 0 Å². The molecule has 0 radical (unpaired) electrons. The summed E-state index contributed by atoms with van der Waals surface area (Å²) in [5, 5.41) is 12.6. The van der Waals surface area contributed by atoms with Gasteiger partial charge in [0.2, 0.25) is 0 Å². The van der Waals surface area contributed by atoms with Crippen molar-refractivity contribution in [2.24, 2.45) is 0 Å². The minimum Gasteiger partial charge on any atom is -0.497 e. The van der Waals surface area contributed by atoms with E-state index in [2.05, 4.69) is 51.1 Å². The van der Waals surface area contributed by atoms with Gasteiger partial charge in [0.25, 0.3) is 0 Å². The minimum atomic E-state index is 0.666. The highest BCUT2D eigenvalue weighted by Crippen LogP contribution is 2.29. The van der Waals surface area contributed by atoms with Crippen LogP contribution in [0.3, 0.4) is 0 Å². The van der Waals surface area contributed by atoms with Gasteiger partial charge in [-0.05, 0) is 79.2 Å². The Bertz CT molecular complexity index is 1280. The number of hydrogen-bond donors (Lipinski definition) is 1. The van der Waals surface area contributed by atoms with E-state index in [9.17, 15) is 0 Å². The van der Waals surface area contributed by atoms with Crippen molar-refractivity contribution in [1.29, 1.82) is 5.26 Å². The number of fused-ring (bicyclic) bond motifs is 1. The highest BCUT2D eigenvalue weighted by molar-refractivity contribution is 5.70. The monoisotopic (exact) mass is 437 g/mol. The predicted molar refractivity (Wildman–Crippen MR) is 130 cm³/mol. The first-order valence-corrected chi connectivity index (χ1v) is 11.3. The van der Waals surface area contributed by atoms with Gasteiger partial charge < -0.3 is 14.5 Å². The van der Waals surface area contributed by atoms with Crippen molar-refractivity contribution in [3.63, 3.8) is 0 Å². The van der Waals surface area contributed by atoms with Crippen molar-refractivity contribution in [1.82, 2.24) is 19.6 Å². The van der Waals surface area contributed by atoms with Crippen molar-refractivity contribution in [3.05, 3.63) is 78.1 Å². The first kappa shape index (κ1) is 21.2. The molecule has 0 atom stereocenters. The zero-order chi connectivity index (χ0) is 22.6. The Balaban J connectivity index is 1.60. The van der Waals surface area contributed by atoms with Crippen LogP contribution < -0.4 is 10.1 Å². The Kier molecular flexibility index (Phi) is 6.07. The highest BCUT2D eigenvalue weighted by Gasteiger charge is 2.19. The summed E-state index contributed by atoms with van der Waals surface area (Å²) in [5.74, 6) is 0.839. The zero-order valence-electron chi connectivity index (χ0n) is 18.8. The van der Waals surface area contributed by atoms with E-state index in [1.54, 1.807) is 7.11 Å². The Hall–Kier alpha value is -3.66. The summed E-state index contributed by atoms with van der Waals surface area (Å²) >= 11 is 0. The fraction of sp³-hybridized carbons (Fsp3) is 0.259. The van der Waals surface area contributed by atoms with Crippen molar-refractivity contribution in [2.75, 3.05) is 33.3 Å². The van der Waals surface area contributed by atoms with Crippen molar-refractivity contribution in [2.45, 2.75) is 13.0 Å². The quantitative estimate of drug-likeness (QED) is 0.503. The number of methoxy groups -OCH3 is 1. The second-order valence-corrected chi connectivity index (χ2v) is 8.35. The Labute approximate surface area is 194 Å². The van der Waals surface area contributed by atoms with Crippen molar-refractivity contribution in [3.8, 4) is 34.2 Å². The molecule has 6 nitrogen and oxygen atoms in total. The number of imidazole rings is 1. The Morgan fingerprint density at radius 2 is 1.70 bits per heavy atom. The van der Waals surface area contributed by atoms with Crippen LogP contribution >= 0.6 is 0 Å². The van der Waals surface area contributed by atoms with Crippen LogP contribution in [-0.2, 0) is 6.54 Å². The largest absolute Gasteiger partial charge is 0.497 e. The lowest BCUT2D eigenvalue weighted by Crippen LogP contribution is -2.28. The SMILES string of the molecule is COc1ccc(-c2nc3ccc(-c4ccc(C#N)cc4)cn3c2CN2CCCNCC2)cc1. The summed E-state index contributed by atoms with van der Waals surface area (Å²) in [5.41, 5.74) is 7.06. The maximum Gasteiger partial charge on any atom is 0.137 e. The smallest absolute Gasteiger partial charge is 0.137 e. The molecule has 1 N–H and O–H groups in total. The average molecular weight is 438 g/mol. The molecule has 0 bridgehead atoms. The van der Waals surface area contributed by atoms with Crippen LogP contribution in [0.2, 0.25) is 0 Å². The van der Waals surface area contributed by atoms with Gasteiger partial charge in [-0.15, -0.1) is 0 Å². The molecule has 33 heavy (non-hydrogen) atoms. The van der Waals surface area contributed by atoms with Crippen LogP contribution in [0.4, 0.5) is 0 Å². The number of rotatable bonds is 5. The molecule has 166 valence electrons. The molecule has 0 aliphatic carbocycles. The number of nitrogens with one attached hydrogen (secondary N) is 1. The number of hydrogen-bond acceptors (Lipinski definition) is 5. The summed E-state index contributed by atoms with van der Waals surface area (Å²) < 4.78 is 7.58. The van der Waals surface area contributed by atoms with E-state index in [0.717, 1.165) is 72.9 Å². The molecule has 0 spiro atoms. The topological polar surface area (TPSA) is 65.6 Å². The third-order valence-corrected chi connectivity index (χ3v) is 6.23. The van der Waals surface area contributed by atoms with Crippen LogP contribution in [0, 0.1) is 11.3 Å². The molecule has 5 rings (SSSR count). The molecule has 1 saturated heterocycles. The van der Waals surface area contributed by atoms with E-state index in [0.29, 0.717) is 5.56 Å². The lowest BCUT2D eigenvalue weighted by molar-refractivity contribution is 0.281. The van der Waals surface area contributed by atoms with E-state index in [1.807, 2.05) is 36.4 Å². The van der Waals surface area contributed by atoms with E-state index in [1.165, 1.54) is 5.69 Å². The van der Waals surface area contributed by atoms with Gasteiger partial charge in [-0.2, -0.15) is 5.26 Å². The molecule has 0 unspecified atom stereocenters. The van der Waals surface area contributed by atoms with Gasteiger partial charge in [-0.25, -0.2) is 4.98 Å². The van der Waals surface area contributed by atoms with Gasteiger partial charge in [0.05, 0.1) is 30.1 Å². The molecule has 6 heteroatoms. The van der Waals surface area contributed by atoms with Crippen LogP contribution in [0.5, 0.6) is 5.75 Å². The van der Waals surface area contributed by atoms with Gasteiger partial charge in [0.1, 0.15) is 11.4 Å². The van der Waals surface area contributed by atoms with E-state index in [-0.39, 0.29) is 0 Å². The summed E-state index contributed by atoms with van der Waals surface area (Å²) in [6.45, 7) is 4.99. The Morgan fingerprint density at radius 3 is 2.45 bits per heavy atom. The first-order chi connectivity index (χ1) is 16.2. The van der Waals surface area contributed by atoms with Crippen molar-refractivity contribution >= 4 is 5.65 Å². The maximum atomic E-state index is 9.12. The fourth-order valence-corrected chi connectivity index (χ4v) is 4.40. The standard InChI is InChI=1S/C27H27N5O/c1-33-24-10-7-22(8-11-24)27-25(19-31-15-2-13-29-14-16-31)32-18-23(9-12-26(32)30-27)21-5-3-20(17-28)4-6-21/h3-12,18,29H,2,13-16,19H2,1H3. The molecule has 1 aliphatic rings. The molecule has 3 heterocycles. The van der Waals surface area contributed by atoms with Crippen molar-refractivity contribution < 1.29 is 4.74 Å². The molecule has 1 fully saturated rings. The molecule has 2 aromatic carbocycles. The number of benzene rings is 2. The average Bonchev–Trinajstić information content (AvgIpc) is 3.03. The molecule has 0 saturated carbocycles. The zero-order valence-corrected chi connectivity index (χ0v) is 18.8. The third-order valence-electron chi connectivity index (χ3n) is 6.23. The Morgan fingerprint density at radius 1 is 0.939 bits per heavy atom. The van der Waals surface area contributed by atoms with Gasteiger partial charge in [0, 0.05) is 31.4 Å². The molecule has 0 amide bonds. The second-order valence-electron chi connectivity index (χ2n) is 8.35. The van der Waals surface area contributed by atoms with Crippen LogP contribution in [0.15, 0.2) is 66.9 Å². The molecule has 4 aromatic rings. The van der Waals surface area contributed by atoms with Gasteiger partial charge in [-0.3, -0.25) is 4.90 Å². The lowest BCUT2D eigenvalue weighted by atomic mass is 10.1. The molecular formula is C27H27N5O. The third kappa shape index (κ3) is 4.47. The fourth-order valence-electron chi connectivity index (χ4n) is 4.40. The van der Waals surface area contributed by atoms with E-state index >= 15 is 0 Å². The summed E-state index contributed by atoms with van der Waals surface area (Å²) in [6.07, 6.45) is 3.31. The number of nitriles is 1. The number of aromatic nitrogens is 2. The predicted octanol–water partition coefficient (Wildman–Crippen LogP) is 4.34. The lowest BCUT2D eigenvalue weighted by Gasteiger charge is -2.20. The number of nitrogens with zero attached hydrogens (tertiary/aromatic N) is 4. The second kappa shape index (κ2) is 9.45. The molecular weight excluding hydrogens is 410 g/mol. The van der Waals surface area contributed by atoms with E-state index in [4.69, 9.17) is 15.0 Å². The summed E-state index contributed by atoms with van der Waals surface area (Å²) in [6, 6.07) is 22.2. The normalized spacial score (nSPS) is 14.7. The van der Waals surface area contributed by atoms with Gasteiger partial charge in [-0.1, -0.05) is 12.1 Å². The number of pyridine rings is 1. The van der Waals surface area contributed by atoms with Crippen LogP contribution in [0.25, 0.3) is 28.0 Å². The molecule has 2 aromatic heterocycles. The highest BCUT2D eigenvalue weighted by atomic mass is 16.5. The van der Waals surface area contributed by atoms with Gasteiger partial charge >= 0.3 is 0 Å². The first-order valence-electron chi connectivity index (χ1n) is 11.3. The van der Waals surface area contributed by atoms with Crippen LogP contribution in [0.1, 0.15) is 17.7 Å². The maximum absolute atomic E-state index is 9.12.